The summed E-state index contributed by atoms with van der Waals surface area (Å²) in [6.45, 7) is 11.1. The highest BCUT2D eigenvalue weighted by atomic mass is 79.9. The molecule has 0 radical (unpaired) electrons. The number of benzene rings is 3. The van der Waals surface area contributed by atoms with Crippen LogP contribution in [-0.2, 0) is 28.0 Å². The number of nitrogens with zero attached hydrogens (tertiary/aromatic N) is 1. The van der Waals surface area contributed by atoms with Crippen LogP contribution in [0.3, 0.4) is 0 Å². The van der Waals surface area contributed by atoms with E-state index in [1.807, 2.05) is 78.9 Å². The second kappa shape index (κ2) is 13.6. The summed E-state index contributed by atoms with van der Waals surface area (Å²) in [5.41, 5.74) is 2.81. The van der Waals surface area contributed by atoms with Crippen molar-refractivity contribution in [3.05, 3.63) is 100 Å². The van der Waals surface area contributed by atoms with E-state index in [1.54, 1.807) is 4.90 Å². The highest BCUT2D eigenvalue weighted by molar-refractivity contribution is 9.10. The van der Waals surface area contributed by atoms with Crippen LogP contribution in [0.25, 0.3) is 0 Å². The van der Waals surface area contributed by atoms with E-state index in [-0.39, 0.29) is 30.4 Å². The van der Waals surface area contributed by atoms with Crippen molar-refractivity contribution in [2.45, 2.75) is 59.0 Å². The third-order valence-corrected chi connectivity index (χ3v) is 6.74. The predicted molar refractivity (Wildman–Crippen MR) is 157 cm³/mol. The largest absolute Gasteiger partial charge is 0.483 e. The molecule has 5 nitrogen and oxygen atoms in total. The maximum Gasteiger partial charge on any atom is 0.261 e. The Morgan fingerprint density at radius 2 is 1.58 bits per heavy atom. The van der Waals surface area contributed by atoms with Gasteiger partial charge in [-0.25, -0.2) is 0 Å². The standard InChI is InChI=1S/C32H39BrN2O3/c1-23(2)20-34-31(37)28(19-24-12-7-6-8-13-24)35(21-25-14-11-15-26(33)18-25)30(36)22-38-29-17-10-9-16-27(29)32(3,4)5/h6-18,23,28H,19-22H2,1-5H3,(H,34,37)/t28-/m1/s1. The van der Waals surface area contributed by atoms with E-state index in [1.165, 1.54) is 0 Å². The van der Waals surface area contributed by atoms with Crippen LogP contribution in [0.15, 0.2) is 83.3 Å². The van der Waals surface area contributed by atoms with Gasteiger partial charge in [0, 0.05) is 24.0 Å². The van der Waals surface area contributed by atoms with Crippen molar-refractivity contribution in [2.24, 2.45) is 5.92 Å². The van der Waals surface area contributed by atoms with Gasteiger partial charge >= 0.3 is 0 Å². The number of amides is 2. The van der Waals surface area contributed by atoms with Crippen LogP contribution >= 0.6 is 15.9 Å². The van der Waals surface area contributed by atoms with Crippen LogP contribution in [0.4, 0.5) is 0 Å². The molecule has 0 aliphatic heterocycles. The Morgan fingerprint density at radius 1 is 0.921 bits per heavy atom. The minimum atomic E-state index is -0.691. The van der Waals surface area contributed by atoms with Crippen LogP contribution in [-0.4, -0.2) is 35.9 Å². The van der Waals surface area contributed by atoms with Crippen LogP contribution in [0.5, 0.6) is 5.75 Å². The van der Waals surface area contributed by atoms with Gasteiger partial charge in [-0.2, -0.15) is 0 Å². The van der Waals surface area contributed by atoms with Gasteiger partial charge in [-0.05, 0) is 46.2 Å². The third kappa shape index (κ3) is 8.73. The fourth-order valence-corrected chi connectivity index (χ4v) is 4.69. The van der Waals surface area contributed by atoms with Crippen molar-refractivity contribution in [2.75, 3.05) is 13.2 Å². The van der Waals surface area contributed by atoms with Gasteiger partial charge in [0.1, 0.15) is 11.8 Å². The van der Waals surface area contributed by atoms with E-state index in [4.69, 9.17) is 4.74 Å². The minimum Gasteiger partial charge on any atom is -0.483 e. The number of ether oxygens (including phenoxy) is 1. The summed E-state index contributed by atoms with van der Waals surface area (Å²) >= 11 is 3.53. The molecule has 0 spiro atoms. The summed E-state index contributed by atoms with van der Waals surface area (Å²) in [7, 11) is 0. The van der Waals surface area contributed by atoms with E-state index in [0.29, 0.717) is 24.6 Å². The Balaban J connectivity index is 1.94. The van der Waals surface area contributed by atoms with E-state index < -0.39 is 6.04 Å². The van der Waals surface area contributed by atoms with Gasteiger partial charge in [0.2, 0.25) is 5.91 Å². The Hall–Kier alpha value is -3.12. The number of rotatable bonds is 11. The lowest BCUT2D eigenvalue weighted by molar-refractivity contribution is -0.142. The first kappa shape index (κ1) is 29.4. The maximum atomic E-state index is 13.9. The summed E-state index contributed by atoms with van der Waals surface area (Å²) in [5.74, 6) is 0.567. The average Bonchev–Trinajstić information content (AvgIpc) is 2.88. The molecule has 0 bridgehead atoms. The molecule has 0 unspecified atom stereocenters. The van der Waals surface area contributed by atoms with Crippen molar-refractivity contribution in [3.8, 4) is 5.75 Å². The van der Waals surface area contributed by atoms with Crippen molar-refractivity contribution < 1.29 is 14.3 Å². The first-order valence-electron chi connectivity index (χ1n) is 13.1. The molecule has 1 atom stereocenters. The summed E-state index contributed by atoms with van der Waals surface area (Å²) in [5, 5.41) is 3.05. The lowest BCUT2D eigenvalue weighted by atomic mass is 9.86. The van der Waals surface area contributed by atoms with Crippen molar-refractivity contribution >= 4 is 27.7 Å². The summed E-state index contributed by atoms with van der Waals surface area (Å²) in [4.78, 5) is 29.1. The minimum absolute atomic E-state index is 0.137. The van der Waals surface area contributed by atoms with Gasteiger partial charge in [-0.1, -0.05) is 111 Å². The molecular formula is C32H39BrN2O3. The molecule has 1 N–H and O–H groups in total. The highest BCUT2D eigenvalue weighted by Gasteiger charge is 2.31. The summed E-state index contributed by atoms with van der Waals surface area (Å²) in [6.07, 6.45) is 0.406. The quantitative estimate of drug-likeness (QED) is 0.281. The first-order chi connectivity index (χ1) is 18.0. The molecule has 0 fully saturated rings. The van der Waals surface area contributed by atoms with Gasteiger partial charge in [-0.3, -0.25) is 9.59 Å². The molecule has 3 aromatic carbocycles. The van der Waals surface area contributed by atoms with Crippen LogP contribution in [0.1, 0.15) is 51.3 Å². The van der Waals surface area contributed by atoms with E-state index in [9.17, 15) is 9.59 Å². The topological polar surface area (TPSA) is 58.6 Å². The van der Waals surface area contributed by atoms with Crippen LogP contribution < -0.4 is 10.1 Å². The zero-order valence-electron chi connectivity index (χ0n) is 23.0. The lowest BCUT2D eigenvalue weighted by Gasteiger charge is -2.32. The summed E-state index contributed by atoms with van der Waals surface area (Å²) < 4.78 is 7.03. The number of halogens is 1. The fraction of sp³-hybridized carbons (Fsp3) is 0.375. The molecule has 202 valence electrons. The molecule has 0 saturated heterocycles. The molecule has 38 heavy (non-hydrogen) atoms. The molecular weight excluding hydrogens is 540 g/mol. The number of hydrogen-bond acceptors (Lipinski definition) is 3. The predicted octanol–water partition coefficient (Wildman–Crippen LogP) is 6.54. The molecule has 6 heteroatoms. The molecule has 0 aliphatic rings. The Kier molecular flexibility index (Phi) is 10.5. The molecule has 3 aromatic rings. The maximum absolute atomic E-state index is 13.9. The Labute approximate surface area is 235 Å². The second-order valence-corrected chi connectivity index (χ2v) is 11.9. The molecule has 0 heterocycles. The zero-order valence-corrected chi connectivity index (χ0v) is 24.6. The Morgan fingerprint density at radius 3 is 2.24 bits per heavy atom. The molecule has 0 saturated carbocycles. The van der Waals surface area contributed by atoms with E-state index >= 15 is 0 Å². The van der Waals surface area contributed by atoms with Gasteiger partial charge in [-0.15, -0.1) is 0 Å². The third-order valence-electron chi connectivity index (χ3n) is 6.24. The SMILES string of the molecule is CC(C)CNC(=O)[C@@H](Cc1ccccc1)N(Cc1cccc(Br)c1)C(=O)COc1ccccc1C(C)(C)C. The number of carbonyl (C=O) groups is 2. The smallest absolute Gasteiger partial charge is 0.261 e. The average molecular weight is 580 g/mol. The van der Waals surface area contributed by atoms with Gasteiger partial charge < -0.3 is 15.0 Å². The van der Waals surface area contributed by atoms with Crippen molar-refractivity contribution in [1.82, 2.24) is 10.2 Å². The summed E-state index contributed by atoms with van der Waals surface area (Å²) in [6, 6.07) is 24.7. The lowest BCUT2D eigenvalue weighted by Crippen LogP contribution is -2.52. The normalized spacial score (nSPS) is 12.2. The number of para-hydroxylation sites is 1. The van der Waals surface area contributed by atoms with Gasteiger partial charge in [0.05, 0.1) is 0 Å². The molecule has 3 rings (SSSR count). The first-order valence-corrected chi connectivity index (χ1v) is 13.9. The van der Waals surface area contributed by atoms with Gasteiger partial charge in [0.15, 0.2) is 6.61 Å². The number of nitrogens with one attached hydrogen (secondary N) is 1. The van der Waals surface area contributed by atoms with E-state index in [0.717, 1.165) is 21.2 Å². The number of hydrogen-bond donors (Lipinski definition) is 1. The van der Waals surface area contributed by atoms with Crippen LogP contribution in [0, 0.1) is 5.92 Å². The van der Waals surface area contributed by atoms with Gasteiger partial charge in [0.25, 0.3) is 5.91 Å². The molecule has 0 aliphatic carbocycles. The monoisotopic (exact) mass is 578 g/mol. The molecule has 2 amide bonds. The van der Waals surface area contributed by atoms with E-state index in [2.05, 4.69) is 55.9 Å². The van der Waals surface area contributed by atoms with Crippen molar-refractivity contribution in [3.63, 3.8) is 0 Å². The zero-order chi connectivity index (χ0) is 27.7. The molecule has 0 aromatic heterocycles. The fourth-order valence-electron chi connectivity index (χ4n) is 4.24. The Bertz CT molecular complexity index is 1200. The second-order valence-electron chi connectivity index (χ2n) is 11.0. The number of carbonyl (C=O) groups excluding carboxylic acids is 2. The van der Waals surface area contributed by atoms with Crippen molar-refractivity contribution in [1.29, 1.82) is 0 Å². The van der Waals surface area contributed by atoms with Crippen LogP contribution in [0.2, 0.25) is 0 Å². The highest BCUT2D eigenvalue weighted by Crippen LogP contribution is 2.31.